The van der Waals surface area contributed by atoms with E-state index in [9.17, 15) is 0 Å². The molecule has 0 fully saturated rings. The molecule has 0 atom stereocenters. The van der Waals surface area contributed by atoms with Crippen LogP contribution in [-0.2, 0) is 0 Å². The minimum absolute atomic E-state index is 1.02. The highest BCUT2D eigenvalue weighted by Gasteiger charge is 2.10. The summed E-state index contributed by atoms with van der Waals surface area (Å²) in [4.78, 5) is 0. The van der Waals surface area contributed by atoms with Crippen molar-refractivity contribution in [3.63, 3.8) is 0 Å². The van der Waals surface area contributed by atoms with Gasteiger partial charge in [-0.25, -0.2) is 0 Å². The predicted octanol–water partition coefficient (Wildman–Crippen LogP) is 3.82. The highest BCUT2D eigenvalue weighted by atomic mass is 127. The minimum Gasteiger partial charge on any atom is -0.486 e. The van der Waals surface area contributed by atoms with Crippen molar-refractivity contribution in [2.24, 2.45) is 0 Å². The summed E-state index contributed by atoms with van der Waals surface area (Å²) in [6.07, 6.45) is 0. The van der Waals surface area contributed by atoms with E-state index in [4.69, 9.17) is 4.74 Å². The van der Waals surface area contributed by atoms with Gasteiger partial charge in [-0.15, -0.1) is 0 Å². The number of thiophene rings is 1. The van der Waals surface area contributed by atoms with E-state index < -0.39 is 0 Å². The zero-order chi connectivity index (χ0) is 9.42. The summed E-state index contributed by atoms with van der Waals surface area (Å²) >= 11 is 4.06. The molecule has 0 aliphatic carbocycles. The van der Waals surface area contributed by atoms with Crippen LogP contribution < -0.4 is 4.74 Å². The zero-order valence-corrected chi connectivity index (χ0v) is 10.4. The second-order valence-electron chi connectivity index (χ2n) is 2.86. The fourth-order valence-electron chi connectivity index (χ4n) is 1.34. The highest BCUT2D eigenvalue weighted by molar-refractivity contribution is 14.1. The Balaban J connectivity index is 2.83. The van der Waals surface area contributed by atoms with Gasteiger partial charge in [-0.3, -0.25) is 0 Å². The quantitative estimate of drug-likeness (QED) is 0.728. The average molecular weight is 304 g/mol. The van der Waals surface area contributed by atoms with Crippen LogP contribution in [0.1, 0.15) is 5.56 Å². The van der Waals surface area contributed by atoms with Crippen molar-refractivity contribution >= 4 is 44.0 Å². The van der Waals surface area contributed by atoms with Gasteiger partial charge in [-0.1, -0.05) is 29.5 Å². The van der Waals surface area contributed by atoms with Crippen LogP contribution in [-0.4, -0.2) is 7.11 Å². The van der Waals surface area contributed by atoms with Crippen molar-refractivity contribution in [2.45, 2.75) is 6.92 Å². The second kappa shape index (κ2) is 3.46. The molecule has 1 nitrogen and oxygen atoms in total. The molecule has 0 saturated carbocycles. The van der Waals surface area contributed by atoms with Gasteiger partial charge in [0.15, 0.2) is 5.06 Å². The molecule has 2 rings (SSSR count). The van der Waals surface area contributed by atoms with Gasteiger partial charge in [0.05, 0.1) is 10.7 Å². The molecule has 0 aliphatic rings. The van der Waals surface area contributed by atoms with E-state index in [1.54, 1.807) is 18.4 Å². The normalized spacial score (nSPS) is 10.7. The van der Waals surface area contributed by atoms with Gasteiger partial charge in [0.2, 0.25) is 0 Å². The van der Waals surface area contributed by atoms with Crippen LogP contribution in [0.2, 0.25) is 0 Å². The Hall–Kier alpha value is -0.290. The van der Waals surface area contributed by atoms with Crippen molar-refractivity contribution in [1.29, 1.82) is 0 Å². The molecule has 1 aromatic heterocycles. The zero-order valence-electron chi connectivity index (χ0n) is 7.43. The molecule has 0 radical (unpaired) electrons. The number of hydrogen-bond donors (Lipinski definition) is 0. The first kappa shape index (κ1) is 9.27. The number of aryl methyl sites for hydroxylation is 1. The molecule has 3 heteroatoms. The Labute approximate surface area is 94.9 Å². The van der Waals surface area contributed by atoms with E-state index in [2.05, 4.69) is 47.7 Å². The molecule has 0 saturated heterocycles. The van der Waals surface area contributed by atoms with Crippen molar-refractivity contribution in [1.82, 2.24) is 0 Å². The van der Waals surface area contributed by atoms with Gasteiger partial charge in [0.25, 0.3) is 0 Å². The van der Waals surface area contributed by atoms with E-state index in [1.165, 1.54) is 19.2 Å². The Bertz CT molecular complexity index is 447. The molecule has 0 amide bonds. The molecule has 0 aliphatic heterocycles. The Kier molecular flexibility index (Phi) is 2.47. The number of rotatable bonds is 1. The maximum absolute atomic E-state index is 5.30. The molecule has 2 aromatic rings. The van der Waals surface area contributed by atoms with Crippen molar-refractivity contribution in [2.75, 3.05) is 7.11 Å². The van der Waals surface area contributed by atoms with Gasteiger partial charge in [-0.2, -0.15) is 0 Å². The van der Waals surface area contributed by atoms with E-state index >= 15 is 0 Å². The third-order valence-electron chi connectivity index (χ3n) is 2.01. The molecule has 1 aromatic carbocycles. The van der Waals surface area contributed by atoms with Gasteiger partial charge in [0, 0.05) is 10.1 Å². The molecule has 0 bridgehead atoms. The first-order valence-corrected chi connectivity index (χ1v) is 5.85. The first-order chi connectivity index (χ1) is 6.24. The minimum atomic E-state index is 1.02. The summed E-state index contributed by atoms with van der Waals surface area (Å²) in [5.41, 5.74) is 1.32. The largest absolute Gasteiger partial charge is 0.486 e. The van der Waals surface area contributed by atoms with Crippen molar-refractivity contribution < 1.29 is 4.74 Å². The van der Waals surface area contributed by atoms with E-state index in [0.29, 0.717) is 0 Å². The molecule has 0 N–H and O–H groups in total. The van der Waals surface area contributed by atoms with Crippen LogP contribution in [0, 0.1) is 10.5 Å². The van der Waals surface area contributed by atoms with E-state index in [-0.39, 0.29) is 0 Å². The fourth-order valence-corrected chi connectivity index (χ4v) is 3.50. The summed E-state index contributed by atoms with van der Waals surface area (Å²) in [5, 5.41) is 2.33. The first-order valence-electron chi connectivity index (χ1n) is 3.95. The van der Waals surface area contributed by atoms with Crippen LogP contribution in [0.15, 0.2) is 18.2 Å². The molecule has 13 heavy (non-hydrogen) atoms. The number of ether oxygens (including phenoxy) is 1. The average Bonchev–Trinajstić information content (AvgIpc) is 2.45. The summed E-state index contributed by atoms with van der Waals surface area (Å²) in [7, 11) is 1.72. The molecule has 1 heterocycles. The summed E-state index contributed by atoms with van der Waals surface area (Å²) in [6.45, 7) is 2.13. The monoisotopic (exact) mass is 304 g/mol. The fraction of sp³-hybridized carbons (Fsp3) is 0.200. The molecule has 68 valence electrons. The van der Waals surface area contributed by atoms with Crippen molar-refractivity contribution in [3.05, 3.63) is 27.3 Å². The Morgan fingerprint density at radius 3 is 2.77 bits per heavy atom. The maximum Gasteiger partial charge on any atom is 0.188 e. The summed E-state index contributed by atoms with van der Waals surface area (Å²) < 4.78 is 7.86. The lowest BCUT2D eigenvalue weighted by Crippen LogP contribution is -1.78. The maximum atomic E-state index is 5.30. The van der Waals surface area contributed by atoms with Crippen molar-refractivity contribution in [3.8, 4) is 5.06 Å². The lowest BCUT2D eigenvalue weighted by atomic mass is 10.2. The van der Waals surface area contributed by atoms with Crippen LogP contribution >= 0.6 is 33.9 Å². The van der Waals surface area contributed by atoms with E-state index in [0.717, 1.165) is 5.06 Å². The number of halogens is 1. The smallest absolute Gasteiger partial charge is 0.188 e. The van der Waals surface area contributed by atoms with E-state index in [1.807, 2.05) is 0 Å². The third-order valence-corrected chi connectivity index (χ3v) is 4.75. The number of fused-ring (bicyclic) bond motifs is 1. The molecule has 0 spiro atoms. The summed E-state index contributed by atoms with van der Waals surface area (Å²) in [5.74, 6) is 0. The molecular weight excluding hydrogens is 295 g/mol. The third kappa shape index (κ3) is 1.44. The molecule has 0 unspecified atom stereocenters. The molecular formula is C10H9IOS. The Morgan fingerprint density at radius 2 is 2.15 bits per heavy atom. The van der Waals surface area contributed by atoms with Gasteiger partial charge >= 0.3 is 0 Å². The number of hydrogen-bond acceptors (Lipinski definition) is 2. The standard InChI is InChI=1S/C10H9IOS/c1-6-4-3-5-7-8(11)10(12-2)13-9(6)7/h3-5H,1-2H3. The highest BCUT2D eigenvalue weighted by Crippen LogP contribution is 2.39. The summed E-state index contributed by atoms with van der Waals surface area (Å²) in [6, 6.07) is 6.36. The van der Waals surface area contributed by atoms with Crippen LogP contribution in [0.25, 0.3) is 10.1 Å². The van der Waals surface area contributed by atoms with Crippen LogP contribution in [0.5, 0.6) is 5.06 Å². The number of methoxy groups -OCH3 is 1. The van der Waals surface area contributed by atoms with Gasteiger partial charge in [0.1, 0.15) is 0 Å². The Morgan fingerprint density at radius 1 is 1.38 bits per heavy atom. The van der Waals surface area contributed by atoms with Crippen LogP contribution in [0.3, 0.4) is 0 Å². The SMILES string of the molecule is COc1sc2c(C)cccc2c1I. The number of benzene rings is 1. The van der Waals surface area contributed by atoms with Gasteiger partial charge in [-0.05, 0) is 35.1 Å². The van der Waals surface area contributed by atoms with Gasteiger partial charge < -0.3 is 4.74 Å². The lowest BCUT2D eigenvalue weighted by Gasteiger charge is -1.93. The van der Waals surface area contributed by atoms with Crippen LogP contribution in [0.4, 0.5) is 0 Å². The topological polar surface area (TPSA) is 9.23 Å². The lowest BCUT2D eigenvalue weighted by molar-refractivity contribution is 0.425. The predicted molar refractivity (Wildman–Crippen MR) is 65.8 cm³/mol. The second-order valence-corrected chi connectivity index (χ2v) is 4.92.